The van der Waals surface area contributed by atoms with Crippen LogP contribution < -0.4 is 5.32 Å². The van der Waals surface area contributed by atoms with Crippen molar-refractivity contribution in [3.8, 4) is 0 Å². The number of hydrogen-bond acceptors (Lipinski definition) is 4. The number of aliphatic hydroxyl groups excluding tert-OH is 1. The molecule has 2 fully saturated rings. The van der Waals surface area contributed by atoms with Crippen LogP contribution in [0.2, 0.25) is 0 Å². The summed E-state index contributed by atoms with van der Waals surface area (Å²) in [6, 6.07) is 0. The minimum atomic E-state index is -0.131. The number of rotatable bonds is 3. The average Bonchev–Trinajstić information content (AvgIpc) is 2.28. The van der Waals surface area contributed by atoms with E-state index in [4.69, 9.17) is 4.74 Å². The molecule has 0 aliphatic carbocycles. The molecule has 4 heteroatoms. The Labute approximate surface area is 104 Å². The molecule has 17 heavy (non-hydrogen) atoms. The maximum Gasteiger partial charge on any atom is 0.0940 e. The summed E-state index contributed by atoms with van der Waals surface area (Å²) < 4.78 is 5.84. The van der Waals surface area contributed by atoms with Crippen molar-refractivity contribution in [2.75, 3.05) is 39.3 Å². The lowest BCUT2D eigenvalue weighted by atomic mass is 9.97. The molecule has 0 spiro atoms. The van der Waals surface area contributed by atoms with Crippen LogP contribution in [0.25, 0.3) is 0 Å². The molecular formula is C13H26N2O2. The monoisotopic (exact) mass is 242 g/mol. The third-order valence-electron chi connectivity index (χ3n) is 3.67. The van der Waals surface area contributed by atoms with E-state index < -0.39 is 0 Å². The van der Waals surface area contributed by atoms with Crippen molar-refractivity contribution in [2.24, 2.45) is 5.92 Å². The van der Waals surface area contributed by atoms with Gasteiger partial charge in [0.15, 0.2) is 0 Å². The lowest BCUT2D eigenvalue weighted by Gasteiger charge is -2.43. The van der Waals surface area contributed by atoms with Crippen molar-refractivity contribution < 1.29 is 9.84 Å². The van der Waals surface area contributed by atoms with E-state index in [1.165, 1.54) is 19.4 Å². The van der Waals surface area contributed by atoms with E-state index in [0.29, 0.717) is 0 Å². The van der Waals surface area contributed by atoms with Crippen molar-refractivity contribution in [3.05, 3.63) is 0 Å². The van der Waals surface area contributed by atoms with Crippen LogP contribution in [-0.2, 0) is 4.74 Å². The molecular weight excluding hydrogens is 216 g/mol. The summed E-state index contributed by atoms with van der Waals surface area (Å²) in [5.41, 5.74) is -0.131. The number of aliphatic hydroxyl groups is 1. The van der Waals surface area contributed by atoms with Crippen LogP contribution >= 0.6 is 0 Å². The quantitative estimate of drug-likeness (QED) is 0.754. The van der Waals surface area contributed by atoms with E-state index >= 15 is 0 Å². The van der Waals surface area contributed by atoms with Crippen molar-refractivity contribution in [1.82, 2.24) is 10.2 Å². The lowest BCUT2D eigenvalue weighted by molar-refractivity contribution is -0.151. The highest BCUT2D eigenvalue weighted by Crippen LogP contribution is 2.22. The van der Waals surface area contributed by atoms with Gasteiger partial charge < -0.3 is 15.2 Å². The number of nitrogens with zero attached hydrogens (tertiary/aromatic N) is 1. The molecule has 0 aromatic carbocycles. The maximum absolute atomic E-state index is 9.28. The summed E-state index contributed by atoms with van der Waals surface area (Å²) in [7, 11) is 0. The molecule has 0 radical (unpaired) electrons. The summed E-state index contributed by atoms with van der Waals surface area (Å²) in [6.07, 6.45) is 2.60. The lowest BCUT2D eigenvalue weighted by Crippen LogP contribution is -2.55. The number of morpholine rings is 1. The molecule has 2 unspecified atom stereocenters. The van der Waals surface area contributed by atoms with E-state index in [0.717, 1.165) is 32.1 Å². The largest absolute Gasteiger partial charge is 0.394 e. The second-order valence-corrected chi connectivity index (χ2v) is 6.09. The zero-order valence-electron chi connectivity index (χ0n) is 11.1. The van der Waals surface area contributed by atoms with Gasteiger partial charge in [-0.3, -0.25) is 4.90 Å². The fraction of sp³-hybridized carbons (Fsp3) is 1.00. The Hall–Kier alpha value is -0.160. The molecule has 2 atom stereocenters. The molecule has 2 rings (SSSR count). The van der Waals surface area contributed by atoms with Gasteiger partial charge in [0.25, 0.3) is 0 Å². The summed E-state index contributed by atoms with van der Waals surface area (Å²) in [4.78, 5) is 2.46. The number of piperidine rings is 1. The van der Waals surface area contributed by atoms with Gasteiger partial charge in [-0.25, -0.2) is 0 Å². The second-order valence-electron chi connectivity index (χ2n) is 6.09. The van der Waals surface area contributed by atoms with Gasteiger partial charge >= 0.3 is 0 Å². The Kier molecular flexibility index (Phi) is 4.42. The molecule has 100 valence electrons. The maximum atomic E-state index is 9.28. The standard InChI is InChI=1S/C13H26N2O2/c1-13(2)10-15(8-12(9-16)17-13)7-11-4-3-5-14-6-11/h11-12,14,16H,3-10H2,1-2H3. The predicted octanol–water partition coefficient (Wildman–Crippen LogP) is 0.458. The minimum absolute atomic E-state index is 0.0182. The Morgan fingerprint density at radius 1 is 1.47 bits per heavy atom. The molecule has 0 bridgehead atoms. The summed E-state index contributed by atoms with van der Waals surface area (Å²) in [6.45, 7) is 9.64. The van der Waals surface area contributed by atoms with Gasteiger partial charge in [0.05, 0.1) is 18.3 Å². The number of hydrogen-bond donors (Lipinski definition) is 2. The normalized spacial score (nSPS) is 34.8. The fourth-order valence-corrected chi connectivity index (χ4v) is 3.10. The van der Waals surface area contributed by atoms with Gasteiger partial charge in [-0.2, -0.15) is 0 Å². The first kappa shape index (κ1) is 13.3. The predicted molar refractivity (Wildman–Crippen MR) is 68.1 cm³/mol. The third-order valence-corrected chi connectivity index (χ3v) is 3.67. The zero-order valence-corrected chi connectivity index (χ0v) is 11.1. The summed E-state index contributed by atoms with van der Waals surface area (Å²) in [5, 5.41) is 12.7. The molecule has 0 amide bonds. The number of ether oxygens (including phenoxy) is 1. The average molecular weight is 242 g/mol. The Morgan fingerprint density at radius 2 is 2.29 bits per heavy atom. The van der Waals surface area contributed by atoms with Gasteiger partial charge in [0.2, 0.25) is 0 Å². The van der Waals surface area contributed by atoms with Crippen LogP contribution in [0.15, 0.2) is 0 Å². The minimum Gasteiger partial charge on any atom is -0.394 e. The smallest absolute Gasteiger partial charge is 0.0940 e. The van der Waals surface area contributed by atoms with Crippen molar-refractivity contribution in [3.63, 3.8) is 0 Å². The second kappa shape index (κ2) is 5.65. The molecule has 2 aliphatic rings. The van der Waals surface area contributed by atoms with Crippen molar-refractivity contribution in [2.45, 2.75) is 38.4 Å². The van der Waals surface area contributed by atoms with E-state index in [-0.39, 0.29) is 18.3 Å². The van der Waals surface area contributed by atoms with Crippen molar-refractivity contribution in [1.29, 1.82) is 0 Å². The van der Waals surface area contributed by atoms with Crippen LogP contribution in [0.1, 0.15) is 26.7 Å². The van der Waals surface area contributed by atoms with Crippen molar-refractivity contribution >= 4 is 0 Å². The summed E-state index contributed by atoms with van der Waals surface area (Å²) >= 11 is 0. The molecule has 2 saturated heterocycles. The van der Waals surface area contributed by atoms with Gasteiger partial charge in [-0.05, 0) is 45.7 Å². The fourth-order valence-electron chi connectivity index (χ4n) is 3.10. The van der Waals surface area contributed by atoms with E-state index in [9.17, 15) is 5.11 Å². The summed E-state index contributed by atoms with van der Waals surface area (Å²) in [5.74, 6) is 0.761. The first-order chi connectivity index (χ1) is 8.09. The molecule has 0 aromatic rings. The highest BCUT2D eigenvalue weighted by molar-refractivity contribution is 4.85. The Morgan fingerprint density at radius 3 is 2.94 bits per heavy atom. The van der Waals surface area contributed by atoms with E-state index in [1.807, 2.05) is 0 Å². The van der Waals surface area contributed by atoms with E-state index in [1.54, 1.807) is 0 Å². The Balaban J connectivity index is 1.86. The van der Waals surface area contributed by atoms with Crippen LogP contribution in [0.3, 0.4) is 0 Å². The van der Waals surface area contributed by atoms with Crippen LogP contribution in [0.5, 0.6) is 0 Å². The van der Waals surface area contributed by atoms with Gasteiger partial charge in [0, 0.05) is 19.6 Å². The molecule has 2 N–H and O–H groups in total. The number of nitrogens with one attached hydrogen (secondary N) is 1. The molecule has 0 saturated carbocycles. The molecule has 0 aromatic heterocycles. The first-order valence-corrected chi connectivity index (χ1v) is 6.81. The first-order valence-electron chi connectivity index (χ1n) is 6.81. The molecule has 4 nitrogen and oxygen atoms in total. The van der Waals surface area contributed by atoms with Crippen LogP contribution in [0, 0.1) is 5.92 Å². The molecule has 2 aliphatic heterocycles. The van der Waals surface area contributed by atoms with Gasteiger partial charge in [-0.15, -0.1) is 0 Å². The topological polar surface area (TPSA) is 44.7 Å². The van der Waals surface area contributed by atoms with E-state index in [2.05, 4.69) is 24.1 Å². The highest BCUT2D eigenvalue weighted by Gasteiger charge is 2.33. The van der Waals surface area contributed by atoms with Crippen LogP contribution in [-0.4, -0.2) is 61.0 Å². The Bertz CT molecular complexity index is 240. The highest BCUT2D eigenvalue weighted by atomic mass is 16.5. The van der Waals surface area contributed by atoms with Gasteiger partial charge in [-0.1, -0.05) is 0 Å². The third kappa shape index (κ3) is 3.91. The molecule has 2 heterocycles. The SMILES string of the molecule is CC1(C)CN(CC2CCCNC2)CC(CO)O1. The zero-order chi connectivity index (χ0) is 12.3. The van der Waals surface area contributed by atoms with Gasteiger partial charge in [0.1, 0.15) is 0 Å². The van der Waals surface area contributed by atoms with Crippen LogP contribution in [0.4, 0.5) is 0 Å².